The van der Waals surface area contributed by atoms with Crippen LogP contribution in [0, 0.1) is 5.92 Å². The Morgan fingerprint density at radius 3 is 3.10 bits per heavy atom. The highest BCUT2D eigenvalue weighted by Crippen LogP contribution is 2.36. The SMILES string of the molecule is CC1=C2COC=C2CC(=O)C1C(O)CN1CCNCC1=O. The maximum atomic E-state index is 12.3. The third kappa shape index (κ3) is 2.61. The van der Waals surface area contributed by atoms with E-state index in [1.807, 2.05) is 6.92 Å². The molecule has 2 unspecified atom stereocenters. The number of ether oxygens (including phenoxy) is 1. The number of aliphatic hydroxyl groups is 1. The van der Waals surface area contributed by atoms with Crippen molar-refractivity contribution in [2.24, 2.45) is 5.92 Å². The standard InChI is InChI=1S/C15H20N2O4/c1-9-11-8-21-7-10(11)4-12(18)15(9)13(19)6-17-3-2-16-5-14(17)20/h7,13,15-16,19H,2-6,8H2,1H3. The Balaban J connectivity index is 1.76. The first-order chi connectivity index (χ1) is 10.1. The van der Waals surface area contributed by atoms with E-state index < -0.39 is 12.0 Å². The van der Waals surface area contributed by atoms with E-state index in [0.717, 1.165) is 23.3 Å². The summed E-state index contributed by atoms with van der Waals surface area (Å²) < 4.78 is 5.28. The Hall–Kier alpha value is -1.66. The summed E-state index contributed by atoms with van der Waals surface area (Å²) in [6.45, 7) is 4.15. The van der Waals surface area contributed by atoms with Crippen LogP contribution < -0.4 is 5.32 Å². The molecule has 3 aliphatic rings. The van der Waals surface area contributed by atoms with Gasteiger partial charge < -0.3 is 20.1 Å². The van der Waals surface area contributed by atoms with Crippen molar-refractivity contribution < 1.29 is 19.4 Å². The maximum absolute atomic E-state index is 12.3. The fourth-order valence-electron chi connectivity index (χ4n) is 3.31. The molecule has 1 amide bonds. The third-order valence-electron chi connectivity index (χ3n) is 4.47. The molecule has 2 heterocycles. The summed E-state index contributed by atoms with van der Waals surface area (Å²) in [5.41, 5.74) is 2.84. The number of β-amino-alcohol motifs (C(OH)–C–C–N with tert-alkyl or cyclic N) is 1. The summed E-state index contributed by atoms with van der Waals surface area (Å²) >= 11 is 0. The molecule has 3 rings (SSSR count). The van der Waals surface area contributed by atoms with Gasteiger partial charge in [0.15, 0.2) is 0 Å². The first kappa shape index (κ1) is 14.3. The van der Waals surface area contributed by atoms with Gasteiger partial charge in [0.2, 0.25) is 5.91 Å². The van der Waals surface area contributed by atoms with Crippen molar-refractivity contribution in [1.82, 2.24) is 10.2 Å². The van der Waals surface area contributed by atoms with E-state index in [1.54, 1.807) is 11.2 Å². The zero-order valence-electron chi connectivity index (χ0n) is 12.1. The van der Waals surface area contributed by atoms with Crippen molar-refractivity contribution in [3.8, 4) is 0 Å². The highest BCUT2D eigenvalue weighted by molar-refractivity contribution is 5.90. The monoisotopic (exact) mass is 292 g/mol. The molecule has 1 saturated heterocycles. The molecular formula is C15H20N2O4. The van der Waals surface area contributed by atoms with Crippen LogP contribution in [0.5, 0.6) is 0 Å². The summed E-state index contributed by atoms with van der Waals surface area (Å²) in [7, 11) is 0. The first-order valence-corrected chi connectivity index (χ1v) is 7.28. The lowest BCUT2D eigenvalue weighted by atomic mass is 9.77. The number of aliphatic hydroxyl groups excluding tert-OH is 1. The number of ketones is 1. The molecule has 0 bridgehead atoms. The number of hydrogen-bond acceptors (Lipinski definition) is 5. The molecule has 0 spiro atoms. The van der Waals surface area contributed by atoms with E-state index in [9.17, 15) is 14.7 Å². The quantitative estimate of drug-likeness (QED) is 0.740. The predicted octanol–water partition coefficient (Wildman–Crippen LogP) is -0.401. The molecule has 0 saturated carbocycles. The number of carbonyl (C=O) groups excluding carboxylic acids is 2. The molecule has 21 heavy (non-hydrogen) atoms. The number of piperazine rings is 1. The summed E-state index contributed by atoms with van der Waals surface area (Å²) in [6.07, 6.45) is 1.09. The summed E-state index contributed by atoms with van der Waals surface area (Å²) in [5, 5.41) is 13.5. The van der Waals surface area contributed by atoms with Gasteiger partial charge >= 0.3 is 0 Å². The smallest absolute Gasteiger partial charge is 0.236 e. The summed E-state index contributed by atoms with van der Waals surface area (Å²) in [6, 6.07) is 0. The van der Waals surface area contributed by atoms with Crippen LogP contribution in [0.1, 0.15) is 13.3 Å². The van der Waals surface area contributed by atoms with E-state index in [-0.39, 0.29) is 18.2 Å². The van der Waals surface area contributed by atoms with Crippen LogP contribution in [-0.2, 0) is 14.3 Å². The number of carbonyl (C=O) groups is 2. The van der Waals surface area contributed by atoms with Crippen molar-refractivity contribution in [2.45, 2.75) is 19.4 Å². The van der Waals surface area contributed by atoms with E-state index in [1.165, 1.54) is 0 Å². The van der Waals surface area contributed by atoms with Gasteiger partial charge in [-0.15, -0.1) is 0 Å². The highest BCUT2D eigenvalue weighted by atomic mass is 16.5. The Kier molecular flexibility index (Phi) is 3.82. The van der Waals surface area contributed by atoms with Crippen molar-refractivity contribution in [3.63, 3.8) is 0 Å². The van der Waals surface area contributed by atoms with Gasteiger partial charge in [0.1, 0.15) is 12.4 Å². The van der Waals surface area contributed by atoms with Gasteiger partial charge in [0, 0.05) is 31.6 Å². The highest BCUT2D eigenvalue weighted by Gasteiger charge is 2.38. The molecule has 1 fully saturated rings. The van der Waals surface area contributed by atoms with Gasteiger partial charge in [0.25, 0.3) is 0 Å². The molecule has 1 aliphatic carbocycles. The van der Waals surface area contributed by atoms with E-state index >= 15 is 0 Å². The van der Waals surface area contributed by atoms with E-state index in [4.69, 9.17) is 4.74 Å². The number of fused-ring (bicyclic) bond motifs is 1. The van der Waals surface area contributed by atoms with Gasteiger partial charge in [-0.2, -0.15) is 0 Å². The number of Topliss-reactive ketones (excluding diaryl/α,β-unsaturated/α-hetero) is 1. The Morgan fingerprint density at radius 2 is 2.33 bits per heavy atom. The summed E-state index contributed by atoms with van der Waals surface area (Å²) in [5.74, 6) is -0.553. The van der Waals surface area contributed by atoms with Gasteiger partial charge in [0.05, 0.1) is 24.8 Å². The average molecular weight is 292 g/mol. The zero-order valence-corrected chi connectivity index (χ0v) is 12.1. The van der Waals surface area contributed by atoms with Gasteiger partial charge in [-0.1, -0.05) is 5.57 Å². The normalized spacial score (nSPS) is 27.4. The van der Waals surface area contributed by atoms with Crippen LogP contribution in [0.15, 0.2) is 23.0 Å². The van der Waals surface area contributed by atoms with Crippen molar-refractivity contribution >= 4 is 11.7 Å². The molecule has 0 aromatic carbocycles. The van der Waals surface area contributed by atoms with Gasteiger partial charge in [-0.05, 0) is 12.5 Å². The molecular weight excluding hydrogens is 272 g/mol. The van der Waals surface area contributed by atoms with Gasteiger partial charge in [-0.25, -0.2) is 0 Å². The second-order valence-electron chi connectivity index (χ2n) is 5.82. The molecule has 0 aromatic heterocycles. The zero-order chi connectivity index (χ0) is 15.0. The second-order valence-corrected chi connectivity index (χ2v) is 5.82. The van der Waals surface area contributed by atoms with Crippen LogP contribution in [0.4, 0.5) is 0 Å². The lowest BCUT2D eigenvalue weighted by molar-refractivity contribution is -0.135. The summed E-state index contributed by atoms with van der Waals surface area (Å²) in [4.78, 5) is 25.7. The van der Waals surface area contributed by atoms with Gasteiger partial charge in [-0.3, -0.25) is 9.59 Å². The van der Waals surface area contributed by atoms with Crippen LogP contribution >= 0.6 is 0 Å². The van der Waals surface area contributed by atoms with Crippen molar-refractivity contribution in [2.75, 3.05) is 32.8 Å². The predicted molar refractivity (Wildman–Crippen MR) is 75.3 cm³/mol. The minimum atomic E-state index is -0.853. The fourth-order valence-corrected chi connectivity index (χ4v) is 3.31. The minimum absolute atomic E-state index is 0.00286. The Morgan fingerprint density at radius 1 is 1.52 bits per heavy atom. The topological polar surface area (TPSA) is 78.9 Å². The third-order valence-corrected chi connectivity index (χ3v) is 4.47. The number of nitrogens with zero attached hydrogens (tertiary/aromatic N) is 1. The Labute approximate surface area is 123 Å². The van der Waals surface area contributed by atoms with E-state index in [0.29, 0.717) is 26.1 Å². The molecule has 2 atom stereocenters. The van der Waals surface area contributed by atoms with Crippen molar-refractivity contribution in [1.29, 1.82) is 0 Å². The van der Waals surface area contributed by atoms with Crippen LogP contribution in [-0.4, -0.2) is 60.6 Å². The molecule has 114 valence electrons. The number of amides is 1. The maximum Gasteiger partial charge on any atom is 0.236 e. The second kappa shape index (κ2) is 5.61. The van der Waals surface area contributed by atoms with E-state index in [2.05, 4.69) is 5.32 Å². The lowest BCUT2D eigenvalue weighted by Crippen LogP contribution is -2.52. The Bertz CT molecular complexity index is 538. The molecule has 0 radical (unpaired) electrons. The molecule has 6 heteroatoms. The molecule has 2 aliphatic heterocycles. The van der Waals surface area contributed by atoms with Crippen LogP contribution in [0.2, 0.25) is 0 Å². The largest absolute Gasteiger partial charge is 0.496 e. The van der Waals surface area contributed by atoms with Crippen LogP contribution in [0.25, 0.3) is 0 Å². The molecule has 6 nitrogen and oxygen atoms in total. The fraction of sp³-hybridized carbons (Fsp3) is 0.600. The van der Waals surface area contributed by atoms with Crippen molar-refractivity contribution in [3.05, 3.63) is 23.0 Å². The molecule has 0 aromatic rings. The average Bonchev–Trinajstić information content (AvgIpc) is 2.90. The number of hydrogen-bond donors (Lipinski definition) is 2. The molecule has 2 N–H and O–H groups in total. The lowest BCUT2D eigenvalue weighted by Gasteiger charge is -2.34. The number of nitrogens with one attached hydrogen (secondary N) is 1. The van der Waals surface area contributed by atoms with Crippen LogP contribution in [0.3, 0.4) is 0 Å². The minimum Gasteiger partial charge on any atom is -0.496 e. The number of rotatable bonds is 3. The first-order valence-electron chi connectivity index (χ1n) is 7.28.